The minimum Gasteiger partial charge on any atom is -0.489 e. The van der Waals surface area contributed by atoms with Crippen LogP contribution < -0.4 is 4.74 Å². The molecule has 0 aliphatic heterocycles. The molecule has 0 saturated heterocycles. The highest BCUT2D eigenvalue weighted by Crippen LogP contribution is 2.56. The third-order valence-corrected chi connectivity index (χ3v) is 8.24. The Morgan fingerprint density at radius 2 is 1.88 bits per heavy atom. The van der Waals surface area contributed by atoms with E-state index in [1.54, 1.807) is 6.20 Å². The summed E-state index contributed by atoms with van der Waals surface area (Å²) < 4.78 is 6.12. The van der Waals surface area contributed by atoms with Crippen LogP contribution in [0.25, 0.3) is 0 Å². The maximum atomic E-state index is 11.6. The number of fused-ring (bicyclic) bond motifs is 3. The molecule has 1 heterocycles. The third-order valence-electron chi connectivity index (χ3n) is 8.24. The van der Waals surface area contributed by atoms with Crippen molar-refractivity contribution < 1.29 is 14.9 Å². The fourth-order valence-corrected chi connectivity index (χ4v) is 6.27. The predicted octanol–water partition coefficient (Wildman–Crippen LogP) is 5.22. The highest BCUT2D eigenvalue weighted by molar-refractivity contribution is 5.44. The van der Waals surface area contributed by atoms with Crippen molar-refractivity contribution in [3.05, 3.63) is 94.8 Å². The fourth-order valence-electron chi connectivity index (χ4n) is 6.27. The summed E-state index contributed by atoms with van der Waals surface area (Å²) in [6, 6.07) is 20.1. The average Bonchev–Trinajstić information content (AvgIpc) is 2.84. The zero-order chi connectivity index (χ0) is 23.1. The van der Waals surface area contributed by atoms with Gasteiger partial charge in [0.25, 0.3) is 0 Å². The van der Waals surface area contributed by atoms with Crippen LogP contribution in [0.15, 0.2) is 66.9 Å². The molecule has 4 heteroatoms. The minimum absolute atomic E-state index is 0.119. The van der Waals surface area contributed by atoms with Gasteiger partial charge >= 0.3 is 0 Å². The molecule has 172 valence electrons. The van der Waals surface area contributed by atoms with Gasteiger partial charge in [0.2, 0.25) is 0 Å². The predicted molar refractivity (Wildman–Crippen MR) is 129 cm³/mol. The molecule has 3 aromatic rings. The number of aliphatic hydroxyl groups excluding tert-OH is 1. The molecule has 1 aromatic heterocycles. The van der Waals surface area contributed by atoms with E-state index in [0.29, 0.717) is 25.4 Å². The van der Waals surface area contributed by atoms with Gasteiger partial charge in [-0.1, -0.05) is 49.4 Å². The first-order valence-corrected chi connectivity index (χ1v) is 12.1. The van der Waals surface area contributed by atoms with E-state index in [1.807, 2.05) is 43.3 Å². The maximum absolute atomic E-state index is 11.6. The number of benzene rings is 2. The molecule has 4 unspecified atom stereocenters. The van der Waals surface area contributed by atoms with Crippen molar-refractivity contribution in [1.29, 1.82) is 0 Å². The number of nitrogens with zero attached hydrogens (tertiary/aromatic N) is 1. The first-order chi connectivity index (χ1) is 16.0. The lowest BCUT2D eigenvalue weighted by molar-refractivity contribution is -0.146. The van der Waals surface area contributed by atoms with Crippen LogP contribution in [0.3, 0.4) is 0 Å². The van der Waals surface area contributed by atoms with Crippen LogP contribution in [-0.2, 0) is 24.0 Å². The molecule has 4 atom stereocenters. The van der Waals surface area contributed by atoms with Crippen LogP contribution in [0.5, 0.6) is 5.75 Å². The van der Waals surface area contributed by atoms with Crippen molar-refractivity contribution in [2.24, 2.45) is 5.92 Å². The lowest BCUT2D eigenvalue weighted by atomic mass is 9.52. The van der Waals surface area contributed by atoms with Crippen LogP contribution in [0, 0.1) is 12.8 Å². The smallest absolute Gasteiger partial charge is 0.120 e. The van der Waals surface area contributed by atoms with Gasteiger partial charge in [0.05, 0.1) is 6.10 Å². The van der Waals surface area contributed by atoms with Gasteiger partial charge in [0.15, 0.2) is 0 Å². The monoisotopic (exact) mass is 443 g/mol. The van der Waals surface area contributed by atoms with Crippen LogP contribution >= 0.6 is 0 Å². The van der Waals surface area contributed by atoms with E-state index in [4.69, 9.17) is 4.74 Å². The molecule has 4 nitrogen and oxygen atoms in total. The lowest BCUT2D eigenvalue weighted by Gasteiger charge is -2.55. The summed E-state index contributed by atoms with van der Waals surface area (Å²) in [4.78, 5) is 4.34. The van der Waals surface area contributed by atoms with Gasteiger partial charge in [-0.15, -0.1) is 0 Å². The Morgan fingerprint density at radius 3 is 2.64 bits per heavy atom. The molecule has 0 amide bonds. The first kappa shape index (κ1) is 22.1. The van der Waals surface area contributed by atoms with E-state index in [0.717, 1.165) is 41.8 Å². The maximum Gasteiger partial charge on any atom is 0.120 e. The van der Waals surface area contributed by atoms with Gasteiger partial charge in [-0.25, -0.2) is 0 Å². The van der Waals surface area contributed by atoms with Gasteiger partial charge in [-0.2, -0.15) is 0 Å². The molecule has 2 N–H and O–H groups in total. The van der Waals surface area contributed by atoms with Crippen molar-refractivity contribution in [3.8, 4) is 5.75 Å². The number of pyridine rings is 1. The quantitative estimate of drug-likeness (QED) is 0.567. The topological polar surface area (TPSA) is 62.6 Å². The van der Waals surface area contributed by atoms with Crippen molar-refractivity contribution in [2.45, 2.75) is 69.7 Å². The van der Waals surface area contributed by atoms with Crippen LogP contribution in [-0.4, -0.2) is 21.3 Å². The molecule has 2 aliphatic rings. The van der Waals surface area contributed by atoms with E-state index < -0.39 is 11.7 Å². The van der Waals surface area contributed by atoms with Gasteiger partial charge in [0.1, 0.15) is 18.0 Å². The number of aryl methyl sites for hydroxylation is 2. The summed E-state index contributed by atoms with van der Waals surface area (Å²) in [6.07, 6.45) is 5.08. The van der Waals surface area contributed by atoms with Gasteiger partial charge in [-0.3, -0.25) is 4.98 Å². The minimum atomic E-state index is -1.19. The van der Waals surface area contributed by atoms with E-state index in [1.165, 1.54) is 11.1 Å². The molecule has 5 rings (SSSR count). The largest absolute Gasteiger partial charge is 0.489 e. The standard InChI is InChI=1S/C29H33NO3/c1-3-28-18-27(31)29(32,23-9-5-4-6-10-23)17-24(28)12-11-21-16-25(13-14-26(21)28)33-19-22-8-7-15-30-20(22)2/h4-10,13-16,24,27,31-32H,3,11-12,17-19H2,1-2H3. The van der Waals surface area contributed by atoms with Gasteiger partial charge in [0, 0.05) is 22.9 Å². The SMILES string of the molecule is CCC12CC(O)C(O)(c3ccccc3)CC1CCc1cc(OCc3cccnc3C)ccc12. The van der Waals surface area contributed by atoms with Crippen molar-refractivity contribution in [2.75, 3.05) is 0 Å². The molecule has 2 aromatic carbocycles. The lowest BCUT2D eigenvalue weighted by Crippen LogP contribution is -2.56. The highest BCUT2D eigenvalue weighted by atomic mass is 16.5. The summed E-state index contributed by atoms with van der Waals surface area (Å²) >= 11 is 0. The number of hydrogen-bond donors (Lipinski definition) is 2. The van der Waals surface area contributed by atoms with Crippen LogP contribution in [0.2, 0.25) is 0 Å². The number of hydrogen-bond acceptors (Lipinski definition) is 4. The van der Waals surface area contributed by atoms with Crippen molar-refractivity contribution >= 4 is 0 Å². The second-order valence-corrected chi connectivity index (χ2v) is 9.82. The molecule has 1 saturated carbocycles. The number of aliphatic hydroxyl groups is 2. The molecule has 1 fully saturated rings. The van der Waals surface area contributed by atoms with E-state index >= 15 is 0 Å². The summed E-state index contributed by atoms with van der Waals surface area (Å²) in [5.41, 5.74) is 4.23. The molecule has 33 heavy (non-hydrogen) atoms. The van der Waals surface area contributed by atoms with E-state index in [9.17, 15) is 10.2 Å². The summed E-state index contributed by atoms with van der Waals surface area (Å²) in [5.74, 6) is 1.20. The third kappa shape index (κ3) is 3.75. The summed E-state index contributed by atoms with van der Waals surface area (Å²) in [5, 5.41) is 22.8. The molecule has 2 aliphatic carbocycles. The molecular weight excluding hydrogens is 410 g/mol. The Morgan fingerprint density at radius 1 is 1.06 bits per heavy atom. The molecular formula is C29H33NO3. The van der Waals surface area contributed by atoms with E-state index in [-0.39, 0.29) is 5.41 Å². The Bertz CT molecular complexity index is 1130. The Labute approximate surface area is 196 Å². The molecule has 0 bridgehead atoms. The normalized spacial score (nSPS) is 28.6. The van der Waals surface area contributed by atoms with Gasteiger partial charge < -0.3 is 14.9 Å². The van der Waals surface area contributed by atoms with Crippen molar-refractivity contribution in [1.82, 2.24) is 4.98 Å². The van der Waals surface area contributed by atoms with E-state index in [2.05, 4.69) is 36.2 Å². The average molecular weight is 444 g/mol. The Hall–Kier alpha value is -2.69. The second kappa shape index (κ2) is 8.58. The van der Waals surface area contributed by atoms with Crippen LogP contribution in [0.4, 0.5) is 0 Å². The Kier molecular flexibility index (Phi) is 5.75. The highest BCUT2D eigenvalue weighted by Gasteiger charge is 2.55. The zero-order valence-electron chi connectivity index (χ0n) is 19.5. The zero-order valence-corrected chi connectivity index (χ0v) is 19.5. The molecule has 0 spiro atoms. The number of aromatic nitrogens is 1. The Balaban J connectivity index is 1.42. The van der Waals surface area contributed by atoms with Gasteiger partial charge in [-0.05, 0) is 79.8 Å². The number of rotatable bonds is 5. The number of ether oxygens (including phenoxy) is 1. The summed E-state index contributed by atoms with van der Waals surface area (Å²) in [6.45, 7) is 4.72. The first-order valence-electron chi connectivity index (χ1n) is 12.1. The summed E-state index contributed by atoms with van der Waals surface area (Å²) in [7, 11) is 0. The molecule has 0 radical (unpaired) electrons. The van der Waals surface area contributed by atoms with Crippen LogP contribution in [0.1, 0.15) is 60.6 Å². The van der Waals surface area contributed by atoms with Crippen molar-refractivity contribution in [3.63, 3.8) is 0 Å². The fraction of sp³-hybridized carbons (Fsp3) is 0.414. The second-order valence-electron chi connectivity index (χ2n) is 9.82.